The van der Waals surface area contributed by atoms with E-state index in [0.29, 0.717) is 0 Å². The minimum absolute atomic E-state index is 0.806. The summed E-state index contributed by atoms with van der Waals surface area (Å²) in [6, 6.07) is 0. The molecule has 0 atom stereocenters. The van der Waals surface area contributed by atoms with Crippen molar-refractivity contribution in [1.29, 1.82) is 0 Å². The third-order valence-electron chi connectivity index (χ3n) is 1.26. The van der Waals surface area contributed by atoms with Gasteiger partial charge in [0.15, 0.2) is 0 Å². The standard InChI is InChI=1S/C8H10N4/c1-3-7-4-11-8(5-10-7)6-12-9-2/h3-6,11H,1H2,2H3/b8-6-,12-9-. The zero-order valence-corrected chi connectivity index (χ0v) is 6.86. The molecule has 0 radical (unpaired) electrons. The number of rotatable bonds is 2. The van der Waals surface area contributed by atoms with Gasteiger partial charge in [0.05, 0.1) is 23.8 Å². The van der Waals surface area contributed by atoms with Gasteiger partial charge in [0.2, 0.25) is 0 Å². The summed E-state index contributed by atoms with van der Waals surface area (Å²) in [6.07, 6.45) is 6.69. The van der Waals surface area contributed by atoms with Crippen LogP contribution in [-0.2, 0) is 0 Å². The summed E-state index contributed by atoms with van der Waals surface area (Å²) in [6.45, 7) is 3.59. The molecule has 4 heteroatoms. The summed E-state index contributed by atoms with van der Waals surface area (Å²) in [5.74, 6) is 0. The molecule has 0 fully saturated rings. The van der Waals surface area contributed by atoms with Gasteiger partial charge in [0, 0.05) is 13.2 Å². The predicted molar refractivity (Wildman–Crippen MR) is 48.8 cm³/mol. The van der Waals surface area contributed by atoms with Crippen molar-refractivity contribution < 1.29 is 0 Å². The first kappa shape index (κ1) is 8.39. The molecule has 0 aromatic heterocycles. The Morgan fingerprint density at radius 1 is 1.67 bits per heavy atom. The molecule has 0 aromatic rings. The fraction of sp³-hybridized carbons (Fsp3) is 0.125. The van der Waals surface area contributed by atoms with Gasteiger partial charge in [-0.1, -0.05) is 6.58 Å². The molecule has 1 rings (SSSR count). The third-order valence-corrected chi connectivity index (χ3v) is 1.26. The van der Waals surface area contributed by atoms with Crippen LogP contribution in [0.3, 0.4) is 0 Å². The fourth-order valence-corrected chi connectivity index (χ4v) is 0.678. The molecule has 0 aliphatic carbocycles. The zero-order chi connectivity index (χ0) is 8.81. The molecule has 0 unspecified atom stereocenters. The van der Waals surface area contributed by atoms with Gasteiger partial charge in [-0.15, -0.1) is 0 Å². The van der Waals surface area contributed by atoms with Crippen molar-refractivity contribution in [2.75, 3.05) is 7.05 Å². The summed E-state index contributed by atoms with van der Waals surface area (Å²) in [5.41, 5.74) is 1.62. The van der Waals surface area contributed by atoms with E-state index in [0.717, 1.165) is 11.4 Å². The SMILES string of the molecule is C=CC1=CN/C(=C\N=N/C)C=N1. The number of hydrogen-bond donors (Lipinski definition) is 1. The van der Waals surface area contributed by atoms with E-state index in [9.17, 15) is 0 Å². The average molecular weight is 162 g/mol. The highest BCUT2D eigenvalue weighted by atomic mass is 15.1. The molecule has 1 aliphatic rings. The molecule has 62 valence electrons. The van der Waals surface area contributed by atoms with Crippen LogP contribution in [0, 0.1) is 0 Å². The minimum Gasteiger partial charge on any atom is -0.357 e. The average Bonchev–Trinajstić information content (AvgIpc) is 2.15. The summed E-state index contributed by atoms with van der Waals surface area (Å²) in [4.78, 5) is 4.07. The minimum atomic E-state index is 0.806. The normalized spacial score (nSPS) is 19.4. The molecule has 0 saturated heterocycles. The second-order valence-corrected chi connectivity index (χ2v) is 2.08. The van der Waals surface area contributed by atoms with Crippen molar-refractivity contribution in [2.45, 2.75) is 0 Å². The van der Waals surface area contributed by atoms with E-state index < -0.39 is 0 Å². The Bertz CT molecular complexity index is 283. The lowest BCUT2D eigenvalue weighted by Gasteiger charge is -2.05. The van der Waals surface area contributed by atoms with E-state index >= 15 is 0 Å². The van der Waals surface area contributed by atoms with Gasteiger partial charge in [-0.25, -0.2) is 0 Å². The maximum absolute atomic E-state index is 4.07. The number of allylic oxidation sites excluding steroid dienone is 2. The second-order valence-electron chi connectivity index (χ2n) is 2.08. The molecule has 12 heavy (non-hydrogen) atoms. The molecular weight excluding hydrogens is 152 g/mol. The van der Waals surface area contributed by atoms with E-state index in [1.807, 2.05) is 0 Å². The number of aliphatic imine (C=N–C) groups is 1. The summed E-state index contributed by atoms with van der Waals surface area (Å²) < 4.78 is 0. The van der Waals surface area contributed by atoms with Gasteiger partial charge in [-0.2, -0.15) is 10.2 Å². The smallest absolute Gasteiger partial charge is 0.0784 e. The van der Waals surface area contributed by atoms with Gasteiger partial charge in [0.25, 0.3) is 0 Å². The molecule has 1 N–H and O–H groups in total. The molecule has 0 amide bonds. The Morgan fingerprint density at radius 2 is 2.50 bits per heavy atom. The number of azo groups is 1. The van der Waals surface area contributed by atoms with Crippen molar-refractivity contribution >= 4 is 6.21 Å². The Hall–Kier alpha value is -1.71. The molecule has 1 heterocycles. The highest BCUT2D eigenvalue weighted by Crippen LogP contribution is 2.02. The first-order valence-corrected chi connectivity index (χ1v) is 3.49. The predicted octanol–water partition coefficient (Wildman–Crippen LogP) is 1.61. The summed E-state index contributed by atoms with van der Waals surface area (Å²) in [5, 5.41) is 10.3. The third kappa shape index (κ3) is 2.16. The van der Waals surface area contributed by atoms with Crippen LogP contribution in [-0.4, -0.2) is 13.3 Å². The molecule has 0 bridgehead atoms. The fourth-order valence-electron chi connectivity index (χ4n) is 0.678. The summed E-state index contributed by atoms with van der Waals surface area (Å²) >= 11 is 0. The van der Waals surface area contributed by atoms with Crippen molar-refractivity contribution in [3.8, 4) is 0 Å². The largest absolute Gasteiger partial charge is 0.357 e. The van der Waals surface area contributed by atoms with Crippen molar-refractivity contribution in [1.82, 2.24) is 5.32 Å². The van der Waals surface area contributed by atoms with Gasteiger partial charge < -0.3 is 5.32 Å². The molecular formula is C8H10N4. The van der Waals surface area contributed by atoms with E-state index in [1.54, 1.807) is 31.7 Å². The highest BCUT2D eigenvalue weighted by Gasteiger charge is 1.96. The maximum atomic E-state index is 4.07. The topological polar surface area (TPSA) is 49.1 Å². The Labute approximate surface area is 71.1 Å². The zero-order valence-electron chi connectivity index (χ0n) is 6.86. The van der Waals surface area contributed by atoms with Crippen LogP contribution in [0.25, 0.3) is 0 Å². The number of nitrogens with one attached hydrogen (secondary N) is 1. The lowest BCUT2D eigenvalue weighted by Crippen LogP contribution is -2.10. The Balaban J connectivity index is 2.65. The molecule has 0 spiro atoms. The van der Waals surface area contributed by atoms with Gasteiger partial charge in [-0.3, -0.25) is 4.99 Å². The molecule has 4 nitrogen and oxygen atoms in total. The lowest BCUT2D eigenvalue weighted by molar-refractivity contribution is 1.05. The van der Waals surface area contributed by atoms with Crippen LogP contribution in [0.15, 0.2) is 51.7 Å². The quantitative estimate of drug-likeness (QED) is 0.616. The van der Waals surface area contributed by atoms with Gasteiger partial charge in [-0.05, 0) is 6.08 Å². The second kappa shape index (κ2) is 4.23. The van der Waals surface area contributed by atoms with Gasteiger partial charge in [0.1, 0.15) is 0 Å². The summed E-state index contributed by atoms with van der Waals surface area (Å²) in [7, 11) is 1.61. The Morgan fingerprint density at radius 3 is 3.00 bits per heavy atom. The van der Waals surface area contributed by atoms with Crippen LogP contribution in [0.2, 0.25) is 0 Å². The number of hydrogen-bond acceptors (Lipinski definition) is 4. The lowest BCUT2D eigenvalue weighted by atomic mass is 10.4. The van der Waals surface area contributed by atoms with Crippen molar-refractivity contribution in [3.05, 3.63) is 36.4 Å². The van der Waals surface area contributed by atoms with E-state index in [-0.39, 0.29) is 0 Å². The van der Waals surface area contributed by atoms with Crippen LogP contribution in [0.4, 0.5) is 0 Å². The van der Waals surface area contributed by atoms with Crippen LogP contribution < -0.4 is 5.32 Å². The first-order chi connectivity index (χ1) is 5.86. The van der Waals surface area contributed by atoms with E-state index in [1.165, 1.54) is 0 Å². The monoisotopic (exact) mass is 162 g/mol. The molecule has 0 saturated carbocycles. The molecule has 0 aromatic carbocycles. The van der Waals surface area contributed by atoms with Crippen molar-refractivity contribution in [3.63, 3.8) is 0 Å². The highest BCUT2D eigenvalue weighted by molar-refractivity contribution is 5.80. The van der Waals surface area contributed by atoms with E-state index in [2.05, 4.69) is 27.1 Å². The van der Waals surface area contributed by atoms with Crippen molar-refractivity contribution in [2.24, 2.45) is 15.2 Å². The van der Waals surface area contributed by atoms with Crippen LogP contribution in [0.1, 0.15) is 0 Å². The molecule has 1 aliphatic heterocycles. The first-order valence-electron chi connectivity index (χ1n) is 3.49. The maximum Gasteiger partial charge on any atom is 0.0784 e. The Kier molecular flexibility index (Phi) is 2.95. The van der Waals surface area contributed by atoms with Crippen LogP contribution >= 0.6 is 0 Å². The number of nitrogens with zero attached hydrogens (tertiary/aromatic N) is 3. The van der Waals surface area contributed by atoms with Gasteiger partial charge >= 0.3 is 0 Å². The van der Waals surface area contributed by atoms with Crippen LogP contribution in [0.5, 0.6) is 0 Å². The van der Waals surface area contributed by atoms with E-state index in [4.69, 9.17) is 0 Å².